The van der Waals surface area contributed by atoms with Crippen LogP contribution < -0.4 is 5.73 Å². The molecule has 0 saturated carbocycles. The number of methoxy groups -OCH3 is 1. The smallest absolute Gasteiger partial charge is 0.306 e. The second-order valence-electron chi connectivity index (χ2n) is 3.38. The zero-order chi connectivity index (χ0) is 13.6. The third-order valence-electron chi connectivity index (χ3n) is 2.02. The lowest BCUT2D eigenvalue weighted by Crippen LogP contribution is -2.44. The first-order valence-electron chi connectivity index (χ1n) is 4.74. The summed E-state index contributed by atoms with van der Waals surface area (Å²) in [4.78, 5) is 21.5. The maximum Gasteiger partial charge on any atom is 0.306 e. The third kappa shape index (κ3) is 5.11. The number of carbonyl (C=O) groups is 2. The van der Waals surface area contributed by atoms with Crippen molar-refractivity contribution in [3.8, 4) is 0 Å². The highest BCUT2D eigenvalue weighted by Crippen LogP contribution is 2.04. The van der Waals surface area contributed by atoms with Crippen molar-refractivity contribution in [2.24, 2.45) is 5.73 Å². The first-order chi connectivity index (χ1) is 7.71. The van der Waals surface area contributed by atoms with Crippen molar-refractivity contribution in [2.45, 2.75) is 6.42 Å². The molecule has 0 radical (unpaired) electrons. The largest absolute Gasteiger partial charge is 0.469 e. The number of nitrogens with two attached hydrogens (primary N) is 1. The van der Waals surface area contributed by atoms with Crippen LogP contribution in [0.25, 0.3) is 0 Å². The van der Waals surface area contributed by atoms with Crippen LogP contribution in [0.3, 0.4) is 0 Å². The minimum atomic E-state index is -3.78. The monoisotopic (exact) mass is 267 g/mol. The van der Waals surface area contributed by atoms with Crippen LogP contribution in [0.4, 0.5) is 0 Å². The molecule has 100 valence electrons. The maximum absolute atomic E-state index is 11.8. The number of hydrogen-bond donors (Lipinski definition) is 1. The van der Waals surface area contributed by atoms with Crippen LogP contribution in [0.2, 0.25) is 0 Å². The van der Waals surface area contributed by atoms with Crippen molar-refractivity contribution in [3.63, 3.8) is 0 Å². The summed E-state index contributed by atoms with van der Waals surface area (Å²) in [6, 6.07) is 0. The van der Waals surface area contributed by atoms with Crippen molar-refractivity contribution in [1.82, 2.24) is 8.61 Å². The number of hydrogen-bond acceptors (Lipinski definition) is 5. The molecular formula is C8H17N3O5S. The molecule has 0 saturated heterocycles. The van der Waals surface area contributed by atoms with E-state index in [4.69, 9.17) is 5.73 Å². The molecule has 0 aliphatic rings. The number of likely N-dealkylation sites (N-methyl/N-ethyl adjacent to an activating group) is 1. The summed E-state index contributed by atoms with van der Waals surface area (Å²) in [6.45, 7) is -0.441. The molecule has 0 atom stereocenters. The molecule has 0 spiro atoms. The third-order valence-corrected chi connectivity index (χ3v) is 3.91. The zero-order valence-electron chi connectivity index (χ0n) is 10.0. The van der Waals surface area contributed by atoms with Crippen LogP contribution in [-0.4, -0.2) is 63.2 Å². The molecule has 0 aliphatic heterocycles. The van der Waals surface area contributed by atoms with Gasteiger partial charge in [0.15, 0.2) is 0 Å². The highest BCUT2D eigenvalue weighted by atomic mass is 32.2. The van der Waals surface area contributed by atoms with Gasteiger partial charge in [0.05, 0.1) is 20.1 Å². The van der Waals surface area contributed by atoms with Gasteiger partial charge in [-0.15, -0.1) is 0 Å². The van der Waals surface area contributed by atoms with Gasteiger partial charge in [0.25, 0.3) is 10.2 Å². The van der Waals surface area contributed by atoms with Crippen molar-refractivity contribution >= 4 is 22.1 Å². The fourth-order valence-corrected chi connectivity index (χ4v) is 2.09. The minimum absolute atomic E-state index is 0.0297. The zero-order valence-corrected chi connectivity index (χ0v) is 10.9. The van der Waals surface area contributed by atoms with Gasteiger partial charge in [-0.25, -0.2) is 0 Å². The molecular weight excluding hydrogens is 250 g/mol. The van der Waals surface area contributed by atoms with E-state index in [1.165, 1.54) is 21.2 Å². The number of nitrogens with zero attached hydrogens (tertiary/aromatic N) is 2. The number of carbonyl (C=O) groups excluding carboxylic acids is 2. The summed E-state index contributed by atoms with van der Waals surface area (Å²) in [5, 5.41) is 0. The molecule has 17 heavy (non-hydrogen) atoms. The van der Waals surface area contributed by atoms with E-state index in [1.807, 2.05) is 0 Å². The molecule has 0 heterocycles. The van der Waals surface area contributed by atoms with E-state index in [2.05, 4.69) is 4.74 Å². The van der Waals surface area contributed by atoms with Crippen molar-refractivity contribution in [2.75, 3.05) is 34.3 Å². The lowest BCUT2D eigenvalue weighted by atomic mass is 10.4. The first kappa shape index (κ1) is 15.8. The molecule has 8 nitrogen and oxygen atoms in total. The van der Waals surface area contributed by atoms with Gasteiger partial charge < -0.3 is 10.5 Å². The van der Waals surface area contributed by atoms with Gasteiger partial charge in [0.1, 0.15) is 0 Å². The molecule has 0 unspecified atom stereocenters. The number of amides is 1. The Morgan fingerprint density at radius 1 is 1.24 bits per heavy atom. The summed E-state index contributed by atoms with van der Waals surface area (Å²) < 4.78 is 29.7. The predicted molar refractivity (Wildman–Crippen MR) is 60.0 cm³/mol. The Hall–Kier alpha value is -1.19. The Bertz CT molecular complexity index is 381. The molecule has 0 aliphatic carbocycles. The van der Waals surface area contributed by atoms with E-state index in [0.29, 0.717) is 0 Å². The highest BCUT2D eigenvalue weighted by molar-refractivity contribution is 7.86. The molecule has 9 heteroatoms. The van der Waals surface area contributed by atoms with Gasteiger partial charge in [-0.3, -0.25) is 9.59 Å². The van der Waals surface area contributed by atoms with Crippen molar-refractivity contribution < 1.29 is 22.7 Å². The number of primary amides is 1. The molecule has 0 rings (SSSR count). The van der Waals surface area contributed by atoms with Gasteiger partial charge in [0, 0.05) is 20.6 Å². The van der Waals surface area contributed by atoms with Gasteiger partial charge in [-0.1, -0.05) is 0 Å². The summed E-state index contributed by atoms with van der Waals surface area (Å²) in [5.41, 5.74) is 4.90. The fourth-order valence-electron chi connectivity index (χ4n) is 1.01. The summed E-state index contributed by atoms with van der Waals surface area (Å²) in [5.74, 6) is -1.26. The molecule has 0 aromatic rings. The van der Waals surface area contributed by atoms with E-state index in [0.717, 1.165) is 8.61 Å². The molecule has 0 aromatic heterocycles. The van der Waals surface area contributed by atoms with Crippen molar-refractivity contribution in [1.29, 1.82) is 0 Å². The Morgan fingerprint density at radius 3 is 2.18 bits per heavy atom. The van der Waals surface area contributed by atoms with Crippen LogP contribution in [-0.2, 0) is 24.5 Å². The highest BCUT2D eigenvalue weighted by Gasteiger charge is 2.25. The molecule has 2 N–H and O–H groups in total. The van der Waals surface area contributed by atoms with Gasteiger partial charge >= 0.3 is 5.97 Å². The Morgan fingerprint density at radius 2 is 1.76 bits per heavy atom. The van der Waals surface area contributed by atoms with Crippen molar-refractivity contribution in [3.05, 3.63) is 0 Å². The Balaban J connectivity index is 4.49. The Labute approximate surface area is 100 Å². The van der Waals surface area contributed by atoms with Crippen LogP contribution in [0.5, 0.6) is 0 Å². The van der Waals surface area contributed by atoms with Crippen LogP contribution in [0, 0.1) is 0 Å². The topological polar surface area (TPSA) is 110 Å². The Kier molecular flexibility index (Phi) is 6.07. The lowest BCUT2D eigenvalue weighted by Gasteiger charge is -2.22. The average molecular weight is 267 g/mol. The van der Waals surface area contributed by atoms with E-state index >= 15 is 0 Å². The molecule has 0 bridgehead atoms. The van der Waals surface area contributed by atoms with Crippen LogP contribution >= 0.6 is 0 Å². The van der Waals surface area contributed by atoms with Gasteiger partial charge in [0.2, 0.25) is 5.91 Å². The number of rotatable bonds is 7. The van der Waals surface area contributed by atoms with Crippen LogP contribution in [0.1, 0.15) is 6.42 Å². The summed E-state index contributed by atoms with van der Waals surface area (Å²) >= 11 is 0. The quantitative estimate of drug-likeness (QED) is 0.544. The molecule has 0 fully saturated rings. The summed E-state index contributed by atoms with van der Waals surface area (Å²) in [7, 11) is -0.0293. The van der Waals surface area contributed by atoms with E-state index in [1.54, 1.807) is 0 Å². The standard InChI is InChI=1S/C8H17N3O5S/c1-10(5-4-8(13)16-3)17(14,15)11(2)6-7(9)12/h4-6H2,1-3H3,(H2,9,12). The molecule has 0 aromatic carbocycles. The number of esters is 1. The second-order valence-corrected chi connectivity index (χ2v) is 5.52. The van der Waals surface area contributed by atoms with Crippen LogP contribution in [0.15, 0.2) is 0 Å². The average Bonchev–Trinajstić information content (AvgIpc) is 2.23. The SMILES string of the molecule is COC(=O)CCN(C)S(=O)(=O)N(C)CC(N)=O. The first-order valence-corrected chi connectivity index (χ1v) is 6.14. The lowest BCUT2D eigenvalue weighted by molar-refractivity contribution is -0.140. The summed E-state index contributed by atoms with van der Waals surface area (Å²) in [6.07, 6.45) is -0.0589. The predicted octanol–water partition coefficient (Wildman–Crippen LogP) is -1.86. The fraction of sp³-hybridized carbons (Fsp3) is 0.750. The van der Waals surface area contributed by atoms with Gasteiger partial charge in [-0.2, -0.15) is 17.0 Å². The van der Waals surface area contributed by atoms with Gasteiger partial charge in [-0.05, 0) is 0 Å². The van der Waals surface area contributed by atoms with E-state index < -0.39 is 28.6 Å². The normalized spacial score (nSPS) is 11.8. The maximum atomic E-state index is 11.8. The molecule has 1 amide bonds. The van der Waals surface area contributed by atoms with E-state index in [-0.39, 0.29) is 13.0 Å². The number of ether oxygens (including phenoxy) is 1. The second kappa shape index (κ2) is 6.52. The minimum Gasteiger partial charge on any atom is -0.469 e. The van der Waals surface area contributed by atoms with E-state index in [9.17, 15) is 18.0 Å².